The molecule has 1 aliphatic rings. The number of aromatic nitrogens is 4. The third kappa shape index (κ3) is 3.75. The number of fused-ring (bicyclic) bond motifs is 13. The lowest BCUT2D eigenvalue weighted by Gasteiger charge is -2.12. The second-order valence-corrected chi connectivity index (χ2v) is 13.8. The highest BCUT2D eigenvalue weighted by Crippen LogP contribution is 2.46. The lowest BCUT2D eigenvalue weighted by Crippen LogP contribution is -2.02. The van der Waals surface area contributed by atoms with Gasteiger partial charge in [-0.3, -0.25) is 4.57 Å². The molecule has 3 aromatic heterocycles. The lowest BCUT2D eigenvalue weighted by molar-refractivity contribution is 1.09. The Hall–Kier alpha value is -7.04. The summed E-state index contributed by atoms with van der Waals surface area (Å²) in [6, 6.07) is 61.4. The topological polar surface area (TPSA) is 35.6 Å². The zero-order chi connectivity index (χ0) is 33.9. The molecule has 4 nitrogen and oxygen atoms in total. The van der Waals surface area contributed by atoms with E-state index in [2.05, 4.69) is 167 Å². The molecule has 0 saturated heterocycles. The summed E-state index contributed by atoms with van der Waals surface area (Å²) in [4.78, 5) is 10.6. The molecule has 1 aliphatic heterocycles. The van der Waals surface area contributed by atoms with E-state index in [0.717, 1.165) is 44.8 Å². The smallest absolute Gasteiger partial charge is 0.165 e. The van der Waals surface area contributed by atoms with Gasteiger partial charge in [0.05, 0.1) is 33.1 Å². The second-order valence-electron chi connectivity index (χ2n) is 13.8. The molecule has 0 spiro atoms. The average molecular weight is 661 g/mol. The van der Waals surface area contributed by atoms with Crippen molar-refractivity contribution in [2.45, 2.75) is 0 Å². The van der Waals surface area contributed by atoms with Gasteiger partial charge in [0.1, 0.15) is 5.69 Å². The van der Waals surface area contributed by atoms with E-state index in [4.69, 9.17) is 9.97 Å². The van der Waals surface area contributed by atoms with Crippen LogP contribution in [0.3, 0.4) is 0 Å². The predicted molar refractivity (Wildman–Crippen MR) is 216 cm³/mol. The molecule has 0 aliphatic carbocycles. The molecule has 0 saturated carbocycles. The Kier molecular flexibility index (Phi) is 5.47. The lowest BCUT2D eigenvalue weighted by atomic mass is 9.96. The van der Waals surface area contributed by atoms with Crippen molar-refractivity contribution in [3.05, 3.63) is 170 Å². The van der Waals surface area contributed by atoms with Crippen molar-refractivity contribution in [3.63, 3.8) is 0 Å². The Morgan fingerprint density at radius 1 is 0.365 bits per heavy atom. The van der Waals surface area contributed by atoms with E-state index in [9.17, 15) is 0 Å². The first-order chi connectivity index (χ1) is 25.8. The van der Waals surface area contributed by atoms with Gasteiger partial charge in [-0.25, -0.2) is 9.97 Å². The minimum absolute atomic E-state index is 0.866. The van der Waals surface area contributed by atoms with Gasteiger partial charge in [-0.2, -0.15) is 0 Å². The Balaban J connectivity index is 1.13. The zero-order valence-electron chi connectivity index (χ0n) is 28.0. The molecule has 0 radical (unpaired) electrons. The van der Waals surface area contributed by atoms with Crippen LogP contribution in [0.25, 0.3) is 110 Å². The van der Waals surface area contributed by atoms with Gasteiger partial charge in [0.15, 0.2) is 5.82 Å². The van der Waals surface area contributed by atoms with Gasteiger partial charge in [0, 0.05) is 38.4 Å². The first kappa shape index (κ1) is 27.7. The van der Waals surface area contributed by atoms with E-state index in [0.29, 0.717) is 0 Å². The predicted octanol–water partition coefficient (Wildman–Crippen LogP) is 12.3. The van der Waals surface area contributed by atoms with E-state index in [-0.39, 0.29) is 0 Å². The fraction of sp³-hybridized carbons (Fsp3) is 0. The van der Waals surface area contributed by atoms with Gasteiger partial charge in [-0.05, 0) is 82.1 Å². The van der Waals surface area contributed by atoms with Gasteiger partial charge in [0.25, 0.3) is 0 Å². The number of benzene rings is 8. The van der Waals surface area contributed by atoms with Crippen LogP contribution in [0.2, 0.25) is 0 Å². The summed E-state index contributed by atoms with van der Waals surface area (Å²) >= 11 is 0. The number of nitrogens with zero attached hydrogens (tertiary/aromatic N) is 4. The van der Waals surface area contributed by atoms with Crippen LogP contribution in [-0.2, 0) is 0 Å². The van der Waals surface area contributed by atoms with E-state index in [1.54, 1.807) is 0 Å². The van der Waals surface area contributed by atoms with Crippen molar-refractivity contribution >= 4 is 65.4 Å². The summed E-state index contributed by atoms with van der Waals surface area (Å²) in [5.41, 5.74) is 14.4. The molecule has 240 valence electrons. The molecule has 0 amide bonds. The van der Waals surface area contributed by atoms with Crippen molar-refractivity contribution in [1.29, 1.82) is 0 Å². The summed E-state index contributed by atoms with van der Waals surface area (Å²) in [6.07, 6.45) is 0. The largest absolute Gasteiger partial charge is 0.309 e. The SMILES string of the molecule is c1ccc(-n2c3cc(-c4ccc5c(c4)c4cccc6c4n5-c4nc5ccccc5nc4-c4ccccc4-6)ccc3c3cc4ccccc4cc32)cc1. The average Bonchev–Trinajstić information content (AvgIpc) is 3.67. The Morgan fingerprint density at radius 2 is 1.02 bits per heavy atom. The van der Waals surface area contributed by atoms with Crippen LogP contribution >= 0.6 is 0 Å². The molecule has 4 heteroatoms. The van der Waals surface area contributed by atoms with E-state index in [1.807, 2.05) is 12.1 Å². The van der Waals surface area contributed by atoms with Gasteiger partial charge in [-0.15, -0.1) is 0 Å². The van der Waals surface area contributed by atoms with Crippen LogP contribution in [0.1, 0.15) is 0 Å². The number of hydrogen-bond donors (Lipinski definition) is 0. The van der Waals surface area contributed by atoms with Crippen LogP contribution in [0, 0.1) is 0 Å². The van der Waals surface area contributed by atoms with Crippen LogP contribution < -0.4 is 0 Å². The minimum Gasteiger partial charge on any atom is -0.309 e. The van der Waals surface area contributed by atoms with Crippen molar-refractivity contribution in [2.24, 2.45) is 0 Å². The van der Waals surface area contributed by atoms with Crippen molar-refractivity contribution < 1.29 is 0 Å². The van der Waals surface area contributed by atoms with Crippen molar-refractivity contribution in [1.82, 2.24) is 19.1 Å². The second kappa shape index (κ2) is 10.3. The maximum absolute atomic E-state index is 5.31. The molecule has 11 aromatic rings. The molecule has 4 heterocycles. The molecule has 0 bridgehead atoms. The number of para-hydroxylation sites is 4. The van der Waals surface area contributed by atoms with Crippen LogP contribution in [0.5, 0.6) is 0 Å². The zero-order valence-corrected chi connectivity index (χ0v) is 28.0. The van der Waals surface area contributed by atoms with Crippen molar-refractivity contribution in [3.8, 4) is 45.0 Å². The van der Waals surface area contributed by atoms with E-state index in [1.165, 1.54) is 65.6 Å². The van der Waals surface area contributed by atoms with Gasteiger partial charge in [0.2, 0.25) is 0 Å². The maximum atomic E-state index is 5.31. The van der Waals surface area contributed by atoms with Crippen LogP contribution in [-0.4, -0.2) is 19.1 Å². The molecule has 12 rings (SSSR count). The molecular weight excluding hydrogens is 633 g/mol. The van der Waals surface area contributed by atoms with Gasteiger partial charge >= 0.3 is 0 Å². The number of rotatable bonds is 2. The fourth-order valence-electron chi connectivity index (χ4n) is 8.68. The Labute approximate surface area is 298 Å². The monoisotopic (exact) mass is 660 g/mol. The summed E-state index contributed by atoms with van der Waals surface area (Å²) in [5.74, 6) is 0.866. The number of hydrogen-bond acceptors (Lipinski definition) is 2. The molecule has 52 heavy (non-hydrogen) atoms. The molecule has 8 aromatic carbocycles. The fourth-order valence-corrected chi connectivity index (χ4v) is 8.68. The normalized spacial score (nSPS) is 12.2. The molecular formula is C48H28N4. The standard InChI is InChI=1S/C48H28N4/c1-2-13-33(14-3-1)51-44-28-32(21-23-35(44)39-25-29-11-4-5-12-30(29)27-45(39)51)31-22-24-43-40(26-31)38-18-10-17-37-34-15-6-7-16-36(34)46-48(52(43)47(37)38)50-42-20-9-8-19-41(42)49-46/h1-28H. The van der Waals surface area contributed by atoms with Crippen molar-refractivity contribution in [2.75, 3.05) is 0 Å². The van der Waals surface area contributed by atoms with Crippen LogP contribution in [0.4, 0.5) is 0 Å². The summed E-state index contributed by atoms with van der Waals surface area (Å²) in [7, 11) is 0. The summed E-state index contributed by atoms with van der Waals surface area (Å²) < 4.78 is 4.76. The molecule has 0 atom stereocenters. The first-order valence-corrected chi connectivity index (χ1v) is 17.8. The first-order valence-electron chi connectivity index (χ1n) is 17.8. The maximum Gasteiger partial charge on any atom is 0.165 e. The highest BCUT2D eigenvalue weighted by Gasteiger charge is 2.27. The molecule has 0 unspecified atom stereocenters. The van der Waals surface area contributed by atoms with E-state index >= 15 is 0 Å². The summed E-state index contributed by atoms with van der Waals surface area (Å²) in [6.45, 7) is 0. The summed E-state index contributed by atoms with van der Waals surface area (Å²) in [5, 5.41) is 7.41. The van der Waals surface area contributed by atoms with E-state index < -0.39 is 0 Å². The van der Waals surface area contributed by atoms with Crippen LogP contribution in [0.15, 0.2) is 170 Å². The molecule has 0 N–H and O–H groups in total. The van der Waals surface area contributed by atoms with Gasteiger partial charge < -0.3 is 4.57 Å². The molecule has 0 fully saturated rings. The Bertz CT molecular complexity index is 3290. The highest BCUT2D eigenvalue weighted by atomic mass is 15.1. The Morgan fingerprint density at radius 3 is 1.88 bits per heavy atom. The highest BCUT2D eigenvalue weighted by molar-refractivity contribution is 6.18. The third-order valence-corrected chi connectivity index (χ3v) is 11.0. The minimum atomic E-state index is 0.866. The third-order valence-electron chi connectivity index (χ3n) is 11.0. The van der Waals surface area contributed by atoms with Gasteiger partial charge in [-0.1, -0.05) is 115 Å². The quantitative estimate of drug-likeness (QED) is 0.185.